The van der Waals surface area contributed by atoms with Gasteiger partial charge in [0, 0.05) is 13.0 Å². The molecule has 3 atom stereocenters. The molecular formula is C34H64NO9P. The van der Waals surface area contributed by atoms with E-state index >= 15 is 0 Å². The highest BCUT2D eigenvalue weighted by Gasteiger charge is 2.27. The summed E-state index contributed by atoms with van der Waals surface area (Å²) in [7, 11) is -4.60. The van der Waals surface area contributed by atoms with Crippen LogP contribution in [0.4, 0.5) is 0 Å². The van der Waals surface area contributed by atoms with E-state index in [0.717, 1.165) is 64.2 Å². The summed E-state index contributed by atoms with van der Waals surface area (Å²) in [6.45, 7) is 3.76. The van der Waals surface area contributed by atoms with Gasteiger partial charge in [-0.1, -0.05) is 122 Å². The number of phosphoric acid groups is 1. The predicted molar refractivity (Wildman–Crippen MR) is 180 cm³/mol. The van der Waals surface area contributed by atoms with E-state index < -0.39 is 45.1 Å². The van der Waals surface area contributed by atoms with Gasteiger partial charge in [-0.15, -0.1) is 0 Å². The third-order valence-corrected chi connectivity index (χ3v) is 8.17. The molecule has 0 heterocycles. The van der Waals surface area contributed by atoms with E-state index in [9.17, 15) is 19.0 Å². The minimum Gasteiger partial charge on any atom is -0.480 e. The molecule has 0 radical (unpaired) electrons. The first-order chi connectivity index (χ1) is 21.7. The van der Waals surface area contributed by atoms with Gasteiger partial charge in [-0.2, -0.15) is 0 Å². The number of carbonyl (C=O) groups excluding carboxylic acids is 1. The van der Waals surface area contributed by atoms with Crippen LogP contribution in [0.2, 0.25) is 0 Å². The number of unbranched alkanes of at least 4 members (excludes halogenated alkanes) is 15. The quantitative estimate of drug-likeness (QED) is 0.0270. The number of carbonyl (C=O) groups is 2. The Hall–Kier alpha value is -1.55. The molecule has 0 aromatic rings. The van der Waals surface area contributed by atoms with Crippen LogP contribution in [-0.2, 0) is 32.7 Å². The lowest BCUT2D eigenvalue weighted by Crippen LogP contribution is -2.34. The minimum atomic E-state index is -4.60. The monoisotopic (exact) mass is 661 g/mol. The van der Waals surface area contributed by atoms with Crippen molar-refractivity contribution in [2.24, 2.45) is 5.73 Å². The summed E-state index contributed by atoms with van der Waals surface area (Å²) >= 11 is 0. The van der Waals surface area contributed by atoms with E-state index in [2.05, 4.69) is 42.7 Å². The van der Waals surface area contributed by atoms with E-state index in [-0.39, 0.29) is 13.0 Å². The Bertz CT molecular complexity index is 821. The predicted octanol–water partition coefficient (Wildman–Crippen LogP) is 8.41. The summed E-state index contributed by atoms with van der Waals surface area (Å²) in [5.74, 6) is -1.79. The lowest BCUT2D eigenvalue weighted by atomic mass is 10.1. The number of esters is 1. The molecular weight excluding hydrogens is 597 g/mol. The normalized spacial score (nSPS) is 14.6. The van der Waals surface area contributed by atoms with Gasteiger partial charge in [-0.25, -0.2) is 4.57 Å². The first kappa shape index (κ1) is 43.5. The molecule has 11 heteroatoms. The fourth-order valence-electron chi connectivity index (χ4n) is 4.46. The SMILES string of the molecule is CCC/C=C\C/C=C\CCCCCCCC(=O)OC(COCCCCCCCCCCCC)COP(=O)(O)OCC(N)C(=O)O. The van der Waals surface area contributed by atoms with Gasteiger partial charge in [0.1, 0.15) is 12.1 Å². The van der Waals surface area contributed by atoms with Gasteiger partial charge in [0.15, 0.2) is 0 Å². The van der Waals surface area contributed by atoms with Crippen LogP contribution in [0.25, 0.3) is 0 Å². The number of ether oxygens (including phenoxy) is 2. The van der Waals surface area contributed by atoms with Crippen molar-refractivity contribution in [2.45, 2.75) is 154 Å². The van der Waals surface area contributed by atoms with E-state index in [1.54, 1.807) is 0 Å². The second kappa shape index (κ2) is 31.1. The molecule has 0 aromatic heterocycles. The smallest absolute Gasteiger partial charge is 0.472 e. The van der Waals surface area contributed by atoms with E-state index in [1.165, 1.54) is 51.4 Å². The molecule has 0 rings (SSSR count). The van der Waals surface area contributed by atoms with Crippen LogP contribution in [0.5, 0.6) is 0 Å². The van der Waals surface area contributed by atoms with Crippen LogP contribution in [0.15, 0.2) is 24.3 Å². The number of phosphoric ester groups is 1. The number of hydrogen-bond donors (Lipinski definition) is 3. The van der Waals surface area contributed by atoms with Crippen LogP contribution >= 0.6 is 7.82 Å². The summed E-state index contributed by atoms with van der Waals surface area (Å²) in [6, 6.07) is -1.47. The molecule has 0 aromatic carbocycles. The maximum absolute atomic E-state index is 12.5. The minimum absolute atomic E-state index is 0.0136. The third-order valence-electron chi connectivity index (χ3n) is 7.21. The zero-order chi connectivity index (χ0) is 33.4. The highest BCUT2D eigenvalue weighted by Crippen LogP contribution is 2.43. The summed E-state index contributed by atoms with van der Waals surface area (Å²) in [5.41, 5.74) is 5.32. The average molecular weight is 662 g/mol. The van der Waals surface area contributed by atoms with Crippen molar-refractivity contribution in [3.63, 3.8) is 0 Å². The second-order valence-corrected chi connectivity index (χ2v) is 13.1. The summed E-state index contributed by atoms with van der Waals surface area (Å²) < 4.78 is 33.1. The van der Waals surface area contributed by atoms with Crippen molar-refractivity contribution in [3.05, 3.63) is 24.3 Å². The Labute approximate surface area is 273 Å². The van der Waals surface area contributed by atoms with E-state index in [0.29, 0.717) is 13.0 Å². The average Bonchev–Trinajstić information content (AvgIpc) is 3.01. The number of allylic oxidation sites excluding steroid dienone is 4. The van der Waals surface area contributed by atoms with Gasteiger partial charge in [-0.3, -0.25) is 18.6 Å². The lowest BCUT2D eigenvalue weighted by Gasteiger charge is -2.20. The fraction of sp³-hybridized carbons (Fsp3) is 0.824. The molecule has 0 spiro atoms. The first-order valence-electron chi connectivity index (χ1n) is 17.4. The van der Waals surface area contributed by atoms with Crippen LogP contribution in [0.3, 0.4) is 0 Å². The Balaban J connectivity index is 4.37. The first-order valence-corrected chi connectivity index (χ1v) is 18.9. The standard InChI is InChI=1S/C34H64NO9P/c1-3-5-7-9-11-13-15-16-17-18-20-22-24-26-33(36)44-31(29-42-45(39,40)43-30-32(35)34(37)38)28-41-27-25-23-21-19-14-12-10-8-6-4-2/h7,9,13,15,31-32H,3-6,8,10-12,14,16-30,35H2,1-2H3,(H,37,38)(H,39,40)/b9-7-,15-13-. The van der Waals surface area contributed by atoms with Gasteiger partial charge in [0.05, 0.1) is 19.8 Å². The number of aliphatic carboxylic acids is 1. The van der Waals surface area contributed by atoms with Gasteiger partial charge in [-0.05, 0) is 38.5 Å². The maximum atomic E-state index is 12.5. The molecule has 0 aliphatic rings. The van der Waals surface area contributed by atoms with Crippen molar-refractivity contribution < 1.29 is 42.7 Å². The molecule has 0 bridgehead atoms. The van der Waals surface area contributed by atoms with Crippen molar-refractivity contribution >= 4 is 19.8 Å². The third kappa shape index (κ3) is 30.8. The topological polar surface area (TPSA) is 155 Å². The van der Waals surface area contributed by atoms with Crippen molar-refractivity contribution in [2.75, 3.05) is 26.4 Å². The zero-order valence-corrected chi connectivity index (χ0v) is 29.1. The van der Waals surface area contributed by atoms with Crippen LogP contribution in [0.1, 0.15) is 142 Å². The van der Waals surface area contributed by atoms with Crippen molar-refractivity contribution in [3.8, 4) is 0 Å². The second-order valence-electron chi connectivity index (χ2n) is 11.6. The molecule has 0 saturated heterocycles. The van der Waals surface area contributed by atoms with E-state index in [4.69, 9.17) is 24.8 Å². The molecule has 3 unspecified atom stereocenters. The Kier molecular flexibility index (Phi) is 30.0. The van der Waals surface area contributed by atoms with E-state index in [1.807, 2.05) is 0 Å². The number of hydrogen-bond acceptors (Lipinski definition) is 8. The van der Waals surface area contributed by atoms with Crippen LogP contribution in [0, 0.1) is 0 Å². The summed E-state index contributed by atoms with van der Waals surface area (Å²) in [6.07, 6.45) is 29.5. The summed E-state index contributed by atoms with van der Waals surface area (Å²) in [5, 5.41) is 8.83. The van der Waals surface area contributed by atoms with Gasteiger partial charge >= 0.3 is 19.8 Å². The Morgan fingerprint density at radius 1 is 0.711 bits per heavy atom. The molecule has 0 saturated carbocycles. The molecule has 4 N–H and O–H groups in total. The number of carboxylic acid groups (broad SMARTS) is 1. The van der Waals surface area contributed by atoms with Crippen LogP contribution < -0.4 is 5.73 Å². The van der Waals surface area contributed by atoms with Gasteiger partial charge in [0.2, 0.25) is 0 Å². The molecule has 264 valence electrons. The molecule has 45 heavy (non-hydrogen) atoms. The fourth-order valence-corrected chi connectivity index (χ4v) is 5.24. The zero-order valence-electron chi connectivity index (χ0n) is 28.2. The molecule has 10 nitrogen and oxygen atoms in total. The molecule has 0 fully saturated rings. The van der Waals surface area contributed by atoms with Crippen LogP contribution in [-0.4, -0.2) is 60.5 Å². The largest absolute Gasteiger partial charge is 0.480 e. The highest BCUT2D eigenvalue weighted by molar-refractivity contribution is 7.47. The molecule has 0 amide bonds. The molecule has 0 aliphatic carbocycles. The van der Waals surface area contributed by atoms with Crippen molar-refractivity contribution in [1.29, 1.82) is 0 Å². The number of nitrogens with two attached hydrogens (primary N) is 1. The van der Waals surface area contributed by atoms with Crippen molar-refractivity contribution in [1.82, 2.24) is 0 Å². The Morgan fingerprint density at radius 2 is 1.27 bits per heavy atom. The molecule has 0 aliphatic heterocycles. The lowest BCUT2D eigenvalue weighted by molar-refractivity contribution is -0.154. The summed E-state index contributed by atoms with van der Waals surface area (Å²) in [4.78, 5) is 33.2. The number of rotatable bonds is 33. The van der Waals surface area contributed by atoms with Gasteiger partial charge in [0.25, 0.3) is 0 Å². The Morgan fingerprint density at radius 3 is 1.89 bits per heavy atom. The number of carboxylic acids is 1. The maximum Gasteiger partial charge on any atom is 0.472 e. The highest BCUT2D eigenvalue weighted by atomic mass is 31.2. The van der Waals surface area contributed by atoms with Gasteiger partial charge < -0.3 is 25.2 Å².